The van der Waals surface area contributed by atoms with Gasteiger partial charge in [-0.15, -0.1) is 0 Å². The molecule has 1 N–H and O–H groups in total. The number of piperazine rings is 1. The van der Waals surface area contributed by atoms with Crippen LogP contribution in [0.4, 0.5) is 13.2 Å². The first-order chi connectivity index (χ1) is 16.3. The fourth-order valence-corrected chi connectivity index (χ4v) is 5.54. The zero-order chi connectivity index (χ0) is 26.0. The van der Waals surface area contributed by atoms with Gasteiger partial charge in [-0.05, 0) is 35.2 Å². The Bertz CT molecular complexity index is 1180. The van der Waals surface area contributed by atoms with Gasteiger partial charge in [0.25, 0.3) is 0 Å². The summed E-state index contributed by atoms with van der Waals surface area (Å²) in [6, 6.07) is 9.88. The minimum absolute atomic E-state index is 0.00149. The molecule has 1 fully saturated rings. The van der Waals surface area contributed by atoms with E-state index in [9.17, 15) is 31.2 Å². The molecule has 35 heavy (non-hydrogen) atoms. The lowest BCUT2D eigenvalue weighted by molar-refractivity contribution is -0.139. The second kappa shape index (κ2) is 10.4. The first-order valence-corrected chi connectivity index (χ1v) is 12.6. The maximum absolute atomic E-state index is 13.4. The first kappa shape index (κ1) is 26.7. The van der Waals surface area contributed by atoms with Gasteiger partial charge in [0.05, 0.1) is 10.5 Å². The summed E-state index contributed by atoms with van der Waals surface area (Å²) in [7, 11) is -4.11. The molecule has 0 saturated carbocycles. The monoisotopic (exact) mass is 511 g/mol. The maximum Gasteiger partial charge on any atom is 0.416 e. The number of sulfonamides is 1. The van der Waals surface area contributed by atoms with E-state index < -0.39 is 40.3 Å². The fraction of sp³-hybridized carbons (Fsp3) is 0.417. The molecule has 0 spiro atoms. The molecular formula is C24H28F3N3O4S. The molecule has 2 aromatic carbocycles. The summed E-state index contributed by atoms with van der Waals surface area (Å²) in [4.78, 5) is 26.4. The van der Waals surface area contributed by atoms with Crippen molar-refractivity contribution in [1.29, 1.82) is 0 Å². The van der Waals surface area contributed by atoms with Crippen LogP contribution in [0.2, 0.25) is 0 Å². The predicted octanol–water partition coefficient (Wildman–Crippen LogP) is 3.37. The average Bonchev–Trinajstić information content (AvgIpc) is 2.81. The Hall–Kier alpha value is -2.92. The van der Waals surface area contributed by atoms with Gasteiger partial charge in [-0.1, -0.05) is 44.2 Å². The smallest absolute Gasteiger partial charge is 0.351 e. The highest BCUT2D eigenvalue weighted by molar-refractivity contribution is 7.89. The third-order valence-corrected chi connectivity index (χ3v) is 7.93. The molecule has 2 aromatic rings. The molecule has 3 rings (SSSR count). The molecule has 0 aliphatic carbocycles. The number of rotatable bonds is 6. The summed E-state index contributed by atoms with van der Waals surface area (Å²) in [5.41, 5.74) is -0.0849. The number of nitrogens with one attached hydrogen (secondary N) is 1. The minimum Gasteiger partial charge on any atom is -0.351 e. The number of hydrogen-bond donors (Lipinski definition) is 1. The second-order valence-electron chi connectivity index (χ2n) is 8.69. The Labute approximate surface area is 203 Å². The van der Waals surface area contributed by atoms with Crippen LogP contribution in [0.15, 0.2) is 53.4 Å². The van der Waals surface area contributed by atoms with E-state index in [1.807, 2.05) is 13.8 Å². The van der Waals surface area contributed by atoms with Gasteiger partial charge in [-0.25, -0.2) is 8.42 Å². The average molecular weight is 512 g/mol. The molecule has 7 nitrogen and oxygen atoms in total. The third-order valence-electron chi connectivity index (χ3n) is 6.01. The Morgan fingerprint density at radius 2 is 1.69 bits per heavy atom. The number of amides is 2. The third kappa shape index (κ3) is 6.02. The number of hydrogen-bond acceptors (Lipinski definition) is 4. The standard InChI is InChI=1S/C24H28F3N3O4S/c1-16(2)18-8-10-20(11-9-18)35(33,34)30-13-12-29(17(3)31)15-22(30)23(32)28-14-19-6-4-5-7-21(19)24(25,26)27/h4-11,16,22H,12-15H2,1-3H3,(H,28,32). The highest BCUT2D eigenvalue weighted by Crippen LogP contribution is 2.32. The van der Waals surface area contributed by atoms with Crippen LogP contribution in [0.25, 0.3) is 0 Å². The van der Waals surface area contributed by atoms with Gasteiger partial charge in [0.15, 0.2) is 0 Å². The number of carbonyl (C=O) groups is 2. The highest BCUT2D eigenvalue weighted by Gasteiger charge is 2.41. The predicted molar refractivity (Wildman–Crippen MR) is 124 cm³/mol. The van der Waals surface area contributed by atoms with Crippen molar-refractivity contribution in [3.8, 4) is 0 Å². The van der Waals surface area contributed by atoms with Gasteiger partial charge in [0, 0.05) is 33.1 Å². The van der Waals surface area contributed by atoms with Gasteiger partial charge in [-0.2, -0.15) is 17.5 Å². The molecule has 1 unspecified atom stereocenters. The van der Waals surface area contributed by atoms with E-state index in [2.05, 4.69) is 5.32 Å². The van der Waals surface area contributed by atoms with E-state index in [0.717, 1.165) is 15.9 Å². The van der Waals surface area contributed by atoms with Gasteiger partial charge in [0.2, 0.25) is 21.8 Å². The topological polar surface area (TPSA) is 86.8 Å². The fourth-order valence-electron chi connectivity index (χ4n) is 3.96. The Morgan fingerprint density at radius 3 is 2.26 bits per heavy atom. The van der Waals surface area contributed by atoms with E-state index in [0.29, 0.717) is 0 Å². The van der Waals surface area contributed by atoms with Gasteiger partial charge in [-0.3, -0.25) is 9.59 Å². The lowest BCUT2D eigenvalue weighted by atomic mass is 10.0. The van der Waals surface area contributed by atoms with Crippen molar-refractivity contribution in [1.82, 2.24) is 14.5 Å². The summed E-state index contributed by atoms with van der Waals surface area (Å²) in [6.45, 7) is 4.59. The molecule has 0 bridgehead atoms. The van der Waals surface area contributed by atoms with Crippen LogP contribution >= 0.6 is 0 Å². The van der Waals surface area contributed by atoms with Crippen LogP contribution in [0.1, 0.15) is 43.4 Å². The van der Waals surface area contributed by atoms with Gasteiger partial charge < -0.3 is 10.2 Å². The van der Waals surface area contributed by atoms with Gasteiger partial charge >= 0.3 is 6.18 Å². The summed E-state index contributed by atoms with van der Waals surface area (Å²) in [5.74, 6) is -0.914. The van der Waals surface area contributed by atoms with Crippen LogP contribution in [-0.2, 0) is 32.3 Å². The SMILES string of the molecule is CC(=O)N1CCN(S(=O)(=O)c2ccc(C(C)C)cc2)C(C(=O)NCc2ccccc2C(F)(F)F)C1. The van der Waals surface area contributed by atoms with Crippen molar-refractivity contribution in [2.45, 2.75) is 50.3 Å². The van der Waals surface area contributed by atoms with Crippen LogP contribution in [0, 0.1) is 0 Å². The number of benzene rings is 2. The van der Waals surface area contributed by atoms with Crippen molar-refractivity contribution in [2.24, 2.45) is 0 Å². The molecule has 2 amide bonds. The highest BCUT2D eigenvalue weighted by atomic mass is 32.2. The number of nitrogens with zero attached hydrogens (tertiary/aromatic N) is 2. The van der Waals surface area contributed by atoms with E-state index in [1.54, 1.807) is 12.1 Å². The molecule has 0 radical (unpaired) electrons. The van der Waals surface area contributed by atoms with E-state index >= 15 is 0 Å². The zero-order valence-electron chi connectivity index (χ0n) is 19.7. The molecule has 11 heteroatoms. The Balaban J connectivity index is 1.87. The number of halogens is 3. The van der Waals surface area contributed by atoms with Crippen molar-refractivity contribution < 1.29 is 31.2 Å². The quantitative estimate of drug-likeness (QED) is 0.645. The lowest BCUT2D eigenvalue weighted by Gasteiger charge is -2.39. The maximum atomic E-state index is 13.4. The number of alkyl halides is 3. The summed E-state index contributed by atoms with van der Waals surface area (Å²) >= 11 is 0. The van der Waals surface area contributed by atoms with Crippen LogP contribution in [-0.4, -0.2) is 55.1 Å². The Kier molecular flexibility index (Phi) is 7.90. The van der Waals surface area contributed by atoms with Crippen molar-refractivity contribution >= 4 is 21.8 Å². The van der Waals surface area contributed by atoms with E-state index in [1.165, 1.54) is 42.2 Å². The van der Waals surface area contributed by atoms with Crippen molar-refractivity contribution in [2.75, 3.05) is 19.6 Å². The molecule has 1 aliphatic rings. The molecule has 1 heterocycles. The molecule has 1 atom stereocenters. The zero-order valence-corrected chi connectivity index (χ0v) is 20.5. The lowest BCUT2D eigenvalue weighted by Crippen LogP contribution is -2.61. The second-order valence-corrected chi connectivity index (χ2v) is 10.6. The van der Waals surface area contributed by atoms with Crippen molar-refractivity contribution in [3.63, 3.8) is 0 Å². The van der Waals surface area contributed by atoms with Crippen LogP contribution in [0.5, 0.6) is 0 Å². The molecule has 1 aliphatic heterocycles. The minimum atomic E-state index is -4.60. The largest absolute Gasteiger partial charge is 0.416 e. The summed E-state index contributed by atoms with van der Waals surface area (Å²) in [6.07, 6.45) is -4.60. The first-order valence-electron chi connectivity index (χ1n) is 11.1. The van der Waals surface area contributed by atoms with E-state index in [-0.39, 0.29) is 41.9 Å². The summed E-state index contributed by atoms with van der Waals surface area (Å²) < 4.78 is 67.8. The molecule has 190 valence electrons. The van der Waals surface area contributed by atoms with Gasteiger partial charge in [0.1, 0.15) is 6.04 Å². The Morgan fingerprint density at radius 1 is 1.06 bits per heavy atom. The normalized spacial score (nSPS) is 17.5. The molecule has 1 saturated heterocycles. The number of carbonyl (C=O) groups excluding carboxylic acids is 2. The van der Waals surface area contributed by atoms with Crippen molar-refractivity contribution in [3.05, 3.63) is 65.2 Å². The molecular weight excluding hydrogens is 483 g/mol. The van der Waals surface area contributed by atoms with Crippen LogP contribution in [0.3, 0.4) is 0 Å². The summed E-state index contributed by atoms with van der Waals surface area (Å²) in [5, 5.41) is 2.44. The molecule has 0 aromatic heterocycles. The van der Waals surface area contributed by atoms with E-state index in [4.69, 9.17) is 0 Å². The van der Waals surface area contributed by atoms with Crippen LogP contribution < -0.4 is 5.32 Å².